The van der Waals surface area contributed by atoms with Crippen LogP contribution in [0.4, 0.5) is 0 Å². The van der Waals surface area contributed by atoms with Gasteiger partial charge in [0.15, 0.2) is 0 Å². The van der Waals surface area contributed by atoms with Crippen LogP contribution in [0.25, 0.3) is 0 Å². The Bertz CT molecular complexity index is 653. The maximum Gasteiger partial charge on any atom is 0.115 e. The standard InChI is InChI=1S/C22H31NO4S/c1-17(14-24)27-16-28-15-20(13-19-7-10-21(25)11-8-19)23-22(26)12-9-18-5-3-2-4-6-18/h2-8,10-11,17,20,22-26H,9,12-16H2,1H3/t17-,20?,22?/m1/s1. The Balaban J connectivity index is 1.85. The van der Waals surface area contributed by atoms with E-state index in [9.17, 15) is 10.2 Å². The van der Waals surface area contributed by atoms with E-state index in [0.717, 1.165) is 24.2 Å². The average molecular weight is 406 g/mol. The highest BCUT2D eigenvalue weighted by Crippen LogP contribution is 2.15. The fraction of sp³-hybridized carbons (Fsp3) is 0.455. The number of thioether (sulfide) groups is 1. The van der Waals surface area contributed by atoms with Crippen LogP contribution < -0.4 is 5.32 Å². The van der Waals surface area contributed by atoms with Gasteiger partial charge in [-0.05, 0) is 49.4 Å². The van der Waals surface area contributed by atoms with E-state index in [1.807, 2.05) is 37.3 Å². The van der Waals surface area contributed by atoms with Gasteiger partial charge in [-0.1, -0.05) is 42.5 Å². The Morgan fingerprint density at radius 1 is 1.04 bits per heavy atom. The zero-order valence-corrected chi connectivity index (χ0v) is 17.1. The maximum absolute atomic E-state index is 10.5. The molecule has 4 N–H and O–H groups in total. The molecule has 0 saturated carbocycles. The summed E-state index contributed by atoms with van der Waals surface area (Å²) < 4.78 is 5.51. The first kappa shape index (κ1) is 22.7. The van der Waals surface area contributed by atoms with Crippen LogP contribution in [0.15, 0.2) is 54.6 Å². The van der Waals surface area contributed by atoms with Gasteiger partial charge in [0.2, 0.25) is 0 Å². The van der Waals surface area contributed by atoms with Crippen LogP contribution in [0.2, 0.25) is 0 Å². The molecule has 6 heteroatoms. The second-order valence-corrected chi connectivity index (χ2v) is 7.90. The highest BCUT2D eigenvalue weighted by Gasteiger charge is 2.15. The smallest absolute Gasteiger partial charge is 0.115 e. The Labute approximate surface area is 171 Å². The second-order valence-electron chi connectivity index (χ2n) is 6.92. The minimum atomic E-state index is -0.597. The third-order valence-corrected chi connectivity index (χ3v) is 5.35. The summed E-state index contributed by atoms with van der Waals surface area (Å²) >= 11 is 1.63. The van der Waals surface area contributed by atoms with Crippen molar-refractivity contribution >= 4 is 11.8 Å². The normalized spacial score (nSPS) is 14.5. The number of benzene rings is 2. The molecular weight excluding hydrogens is 374 g/mol. The number of hydrogen-bond acceptors (Lipinski definition) is 6. The van der Waals surface area contributed by atoms with E-state index in [0.29, 0.717) is 12.4 Å². The first-order valence-corrected chi connectivity index (χ1v) is 10.8. The molecule has 2 rings (SSSR count). The van der Waals surface area contributed by atoms with Crippen molar-refractivity contribution in [1.82, 2.24) is 5.32 Å². The quantitative estimate of drug-likeness (QED) is 0.303. The van der Waals surface area contributed by atoms with Crippen LogP contribution in [0.5, 0.6) is 5.75 Å². The summed E-state index contributed by atoms with van der Waals surface area (Å²) in [5, 5.41) is 32.3. The number of rotatable bonds is 13. The zero-order chi connectivity index (χ0) is 20.2. The lowest BCUT2D eigenvalue weighted by Gasteiger charge is -2.23. The molecule has 0 aliphatic heterocycles. The van der Waals surface area contributed by atoms with Crippen LogP contribution in [0, 0.1) is 0 Å². The molecule has 0 spiro atoms. The molecule has 0 aliphatic carbocycles. The van der Waals surface area contributed by atoms with Gasteiger partial charge in [0.1, 0.15) is 12.0 Å². The summed E-state index contributed by atoms with van der Waals surface area (Å²) in [5.74, 6) is 1.51. The molecule has 0 aromatic heterocycles. The van der Waals surface area contributed by atoms with Gasteiger partial charge >= 0.3 is 0 Å². The molecule has 2 unspecified atom stereocenters. The minimum absolute atomic E-state index is 0.00788. The molecule has 2 aromatic rings. The van der Waals surface area contributed by atoms with Gasteiger partial charge in [0.25, 0.3) is 0 Å². The van der Waals surface area contributed by atoms with Crippen molar-refractivity contribution in [3.63, 3.8) is 0 Å². The molecule has 0 heterocycles. The van der Waals surface area contributed by atoms with E-state index in [4.69, 9.17) is 9.84 Å². The topological polar surface area (TPSA) is 82.0 Å². The van der Waals surface area contributed by atoms with Gasteiger partial charge in [-0.25, -0.2) is 0 Å². The highest BCUT2D eigenvalue weighted by atomic mass is 32.2. The fourth-order valence-corrected chi connectivity index (χ4v) is 3.72. The molecule has 28 heavy (non-hydrogen) atoms. The number of aryl methyl sites for hydroxylation is 1. The Hall–Kier alpha value is -1.57. The SMILES string of the molecule is C[C@H](CO)OCSCC(Cc1ccc(O)cc1)NC(O)CCc1ccccc1. The lowest BCUT2D eigenvalue weighted by atomic mass is 10.1. The summed E-state index contributed by atoms with van der Waals surface area (Å²) in [6.45, 7) is 1.84. The third kappa shape index (κ3) is 9.08. The molecule has 3 atom stereocenters. The van der Waals surface area contributed by atoms with Crippen molar-refractivity contribution in [2.45, 2.75) is 44.6 Å². The molecule has 0 bridgehead atoms. The number of hydrogen-bond donors (Lipinski definition) is 4. The van der Waals surface area contributed by atoms with E-state index in [-0.39, 0.29) is 24.5 Å². The number of aliphatic hydroxyl groups excluding tert-OH is 2. The zero-order valence-electron chi connectivity index (χ0n) is 16.3. The first-order chi connectivity index (χ1) is 13.6. The van der Waals surface area contributed by atoms with Crippen molar-refractivity contribution in [3.05, 3.63) is 65.7 Å². The van der Waals surface area contributed by atoms with E-state index < -0.39 is 6.23 Å². The number of aliphatic hydroxyl groups is 2. The van der Waals surface area contributed by atoms with Gasteiger partial charge in [-0.2, -0.15) is 0 Å². The van der Waals surface area contributed by atoms with Crippen molar-refractivity contribution in [3.8, 4) is 5.75 Å². The van der Waals surface area contributed by atoms with E-state index in [1.165, 1.54) is 5.56 Å². The summed E-state index contributed by atoms with van der Waals surface area (Å²) in [5.41, 5.74) is 2.30. The van der Waals surface area contributed by atoms with Gasteiger partial charge in [0.05, 0.1) is 18.6 Å². The van der Waals surface area contributed by atoms with Gasteiger partial charge in [0, 0.05) is 11.8 Å². The van der Waals surface area contributed by atoms with E-state index in [1.54, 1.807) is 23.9 Å². The molecule has 2 aromatic carbocycles. The average Bonchev–Trinajstić information content (AvgIpc) is 2.71. The maximum atomic E-state index is 10.5. The van der Waals surface area contributed by atoms with Crippen LogP contribution in [0.3, 0.4) is 0 Å². The number of phenols is 1. The molecule has 0 amide bonds. The number of nitrogens with one attached hydrogen (secondary N) is 1. The number of aromatic hydroxyl groups is 1. The molecular formula is C22H31NO4S. The first-order valence-electron chi connectivity index (χ1n) is 9.63. The van der Waals surface area contributed by atoms with Crippen LogP contribution in [0.1, 0.15) is 24.5 Å². The van der Waals surface area contributed by atoms with Gasteiger partial charge < -0.3 is 20.1 Å². The van der Waals surface area contributed by atoms with Crippen molar-refractivity contribution in [1.29, 1.82) is 0 Å². The van der Waals surface area contributed by atoms with E-state index in [2.05, 4.69) is 17.4 Å². The van der Waals surface area contributed by atoms with Crippen LogP contribution in [-0.4, -0.2) is 52.0 Å². The minimum Gasteiger partial charge on any atom is -0.508 e. The third-order valence-electron chi connectivity index (χ3n) is 4.41. The predicted octanol–water partition coefficient (Wildman–Crippen LogP) is 2.93. The number of ether oxygens (including phenoxy) is 1. The lowest BCUT2D eigenvalue weighted by molar-refractivity contribution is 0.0530. The van der Waals surface area contributed by atoms with Crippen LogP contribution in [-0.2, 0) is 17.6 Å². The Kier molecular flexibility index (Phi) is 10.4. The summed E-state index contributed by atoms with van der Waals surface area (Å²) in [6.07, 6.45) is 1.42. The molecule has 0 aliphatic rings. The largest absolute Gasteiger partial charge is 0.508 e. The Morgan fingerprint density at radius 2 is 1.75 bits per heavy atom. The molecule has 154 valence electrons. The lowest BCUT2D eigenvalue weighted by Crippen LogP contribution is -2.41. The second kappa shape index (κ2) is 12.8. The highest BCUT2D eigenvalue weighted by molar-refractivity contribution is 7.99. The molecule has 0 saturated heterocycles. The summed E-state index contributed by atoms with van der Waals surface area (Å²) in [6, 6.07) is 17.3. The van der Waals surface area contributed by atoms with Crippen LogP contribution >= 0.6 is 11.8 Å². The summed E-state index contributed by atoms with van der Waals surface area (Å²) in [7, 11) is 0. The van der Waals surface area contributed by atoms with Crippen molar-refractivity contribution < 1.29 is 20.1 Å². The van der Waals surface area contributed by atoms with Gasteiger partial charge in [-0.3, -0.25) is 5.32 Å². The molecule has 0 fully saturated rings. The molecule has 0 radical (unpaired) electrons. The Morgan fingerprint density at radius 3 is 2.43 bits per heavy atom. The predicted molar refractivity (Wildman–Crippen MR) is 114 cm³/mol. The monoisotopic (exact) mass is 405 g/mol. The molecule has 5 nitrogen and oxygen atoms in total. The fourth-order valence-electron chi connectivity index (χ4n) is 2.79. The van der Waals surface area contributed by atoms with Crippen molar-refractivity contribution in [2.24, 2.45) is 0 Å². The number of phenolic OH excluding ortho intramolecular Hbond substituents is 1. The van der Waals surface area contributed by atoms with E-state index >= 15 is 0 Å². The van der Waals surface area contributed by atoms with Gasteiger partial charge in [-0.15, -0.1) is 11.8 Å². The van der Waals surface area contributed by atoms with Crippen molar-refractivity contribution in [2.75, 3.05) is 18.3 Å². The summed E-state index contributed by atoms with van der Waals surface area (Å²) in [4.78, 5) is 0.